The Labute approximate surface area is 77.7 Å². The number of benzene rings is 1. The molecule has 0 bridgehead atoms. The van der Waals surface area contributed by atoms with E-state index in [2.05, 4.69) is 36.4 Å². The zero-order valence-electron chi connectivity index (χ0n) is 6.99. The Bertz CT molecular complexity index is 274. The molecule has 62 valence electrons. The molecule has 0 unspecified atom stereocenters. The smallest absolute Gasteiger partial charge is 0.0119 e. The van der Waals surface area contributed by atoms with Crippen molar-refractivity contribution in [3.63, 3.8) is 0 Å². The molecule has 12 heavy (non-hydrogen) atoms. The van der Waals surface area contributed by atoms with Crippen LogP contribution in [0.2, 0.25) is 0 Å². The molecule has 0 atom stereocenters. The highest BCUT2D eigenvalue weighted by molar-refractivity contribution is 7.99. The first-order valence-corrected chi connectivity index (χ1v) is 5.44. The lowest BCUT2D eigenvalue weighted by Crippen LogP contribution is -1.94. The highest BCUT2D eigenvalue weighted by Gasteiger charge is 2.04. The lowest BCUT2D eigenvalue weighted by atomic mass is 10.0. The summed E-state index contributed by atoms with van der Waals surface area (Å²) >= 11 is 2.02. The molecule has 0 N–H and O–H groups in total. The van der Waals surface area contributed by atoms with E-state index in [1.165, 1.54) is 29.1 Å². The monoisotopic (exact) mass is 176 g/mol. The molecule has 2 rings (SSSR count). The van der Waals surface area contributed by atoms with Gasteiger partial charge in [-0.15, -0.1) is 0 Å². The van der Waals surface area contributed by atoms with Gasteiger partial charge in [-0.05, 0) is 23.3 Å². The van der Waals surface area contributed by atoms with Crippen LogP contribution in [0, 0.1) is 0 Å². The number of thioether (sulfide) groups is 1. The van der Waals surface area contributed by atoms with Crippen molar-refractivity contribution < 1.29 is 0 Å². The summed E-state index contributed by atoms with van der Waals surface area (Å²) in [6.07, 6.45) is 3.58. The van der Waals surface area contributed by atoms with Gasteiger partial charge in [0.15, 0.2) is 0 Å². The molecule has 0 aliphatic carbocycles. The van der Waals surface area contributed by atoms with Crippen LogP contribution in [-0.4, -0.2) is 11.5 Å². The molecule has 0 radical (unpaired) electrons. The van der Waals surface area contributed by atoms with Gasteiger partial charge in [-0.2, -0.15) is 11.8 Å². The van der Waals surface area contributed by atoms with Gasteiger partial charge in [0, 0.05) is 5.75 Å². The SMILES string of the molecule is C1=C(c2ccccc2)CCSC1. The van der Waals surface area contributed by atoms with E-state index < -0.39 is 0 Å². The first-order valence-electron chi connectivity index (χ1n) is 4.29. The van der Waals surface area contributed by atoms with Gasteiger partial charge in [-0.3, -0.25) is 0 Å². The third kappa shape index (κ3) is 1.72. The van der Waals surface area contributed by atoms with Crippen LogP contribution >= 0.6 is 11.8 Å². The zero-order chi connectivity index (χ0) is 8.23. The van der Waals surface area contributed by atoms with Crippen molar-refractivity contribution in [3.8, 4) is 0 Å². The Morgan fingerprint density at radius 3 is 2.58 bits per heavy atom. The fourth-order valence-corrected chi connectivity index (χ4v) is 2.29. The first-order chi connectivity index (χ1) is 5.97. The van der Waals surface area contributed by atoms with E-state index in [4.69, 9.17) is 0 Å². The quantitative estimate of drug-likeness (QED) is 0.633. The average Bonchev–Trinajstić information content (AvgIpc) is 2.21. The fourth-order valence-electron chi connectivity index (χ4n) is 1.44. The summed E-state index contributed by atoms with van der Waals surface area (Å²) in [5.74, 6) is 2.46. The minimum atomic E-state index is 1.18. The first kappa shape index (κ1) is 7.93. The normalized spacial score (nSPS) is 17.2. The molecule has 0 fully saturated rings. The largest absolute Gasteiger partial charge is 0.157 e. The van der Waals surface area contributed by atoms with Crippen molar-refractivity contribution in [3.05, 3.63) is 42.0 Å². The summed E-state index contributed by atoms with van der Waals surface area (Å²) in [6, 6.07) is 10.7. The van der Waals surface area contributed by atoms with Gasteiger partial charge in [0.25, 0.3) is 0 Å². The number of hydrogen-bond donors (Lipinski definition) is 0. The minimum absolute atomic E-state index is 1.18. The number of rotatable bonds is 1. The molecule has 0 saturated heterocycles. The molecule has 1 aromatic carbocycles. The summed E-state index contributed by atoms with van der Waals surface area (Å²) in [5, 5.41) is 0. The van der Waals surface area contributed by atoms with Gasteiger partial charge < -0.3 is 0 Å². The highest BCUT2D eigenvalue weighted by atomic mass is 32.2. The molecule has 1 heterocycles. The maximum absolute atomic E-state index is 2.35. The number of allylic oxidation sites excluding steroid dienone is 1. The van der Waals surface area contributed by atoms with Crippen LogP contribution < -0.4 is 0 Å². The molecule has 0 amide bonds. The Balaban J connectivity index is 2.24. The predicted octanol–water partition coefficient (Wildman–Crippen LogP) is 3.21. The van der Waals surface area contributed by atoms with Crippen molar-refractivity contribution in [1.82, 2.24) is 0 Å². The molecule has 1 aliphatic rings. The fraction of sp³-hybridized carbons (Fsp3) is 0.273. The second-order valence-corrected chi connectivity index (χ2v) is 4.07. The summed E-state index contributed by atoms with van der Waals surface area (Å²) in [5.41, 5.74) is 2.92. The second-order valence-electron chi connectivity index (χ2n) is 2.92. The molecule has 1 heteroatoms. The predicted molar refractivity (Wildman–Crippen MR) is 56.4 cm³/mol. The van der Waals surface area contributed by atoms with Crippen LogP contribution in [0.25, 0.3) is 5.57 Å². The van der Waals surface area contributed by atoms with Gasteiger partial charge in [0.2, 0.25) is 0 Å². The average molecular weight is 176 g/mol. The van der Waals surface area contributed by atoms with E-state index in [1.54, 1.807) is 0 Å². The van der Waals surface area contributed by atoms with Crippen LogP contribution in [0.5, 0.6) is 0 Å². The van der Waals surface area contributed by atoms with Crippen molar-refractivity contribution in [2.24, 2.45) is 0 Å². The summed E-state index contributed by atoms with van der Waals surface area (Å²) in [7, 11) is 0. The van der Waals surface area contributed by atoms with Gasteiger partial charge >= 0.3 is 0 Å². The Morgan fingerprint density at radius 2 is 1.92 bits per heavy atom. The van der Waals surface area contributed by atoms with Crippen molar-refractivity contribution in [2.45, 2.75) is 6.42 Å². The molecule has 1 aromatic rings. The maximum atomic E-state index is 2.35. The van der Waals surface area contributed by atoms with E-state index in [9.17, 15) is 0 Å². The third-order valence-electron chi connectivity index (χ3n) is 2.11. The van der Waals surface area contributed by atoms with Gasteiger partial charge in [-0.25, -0.2) is 0 Å². The van der Waals surface area contributed by atoms with Gasteiger partial charge in [0.05, 0.1) is 0 Å². The van der Waals surface area contributed by atoms with Crippen molar-refractivity contribution in [1.29, 1.82) is 0 Å². The molecule has 0 nitrogen and oxygen atoms in total. The lowest BCUT2D eigenvalue weighted by Gasteiger charge is -2.11. The molecular weight excluding hydrogens is 164 g/mol. The molecule has 0 saturated carbocycles. The topological polar surface area (TPSA) is 0 Å². The second kappa shape index (κ2) is 3.81. The lowest BCUT2D eigenvalue weighted by molar-refractivity contribution is 1.23. The van der Waals surface area contributed by atoms with E-state index in [-0.39, 0.29) is 0 Å². The highest BCUT2D eigenvalue weighted by Crippen LogP contribution is 2.25. The van der Waals surface area contributed by atoms with Crippen LogP contribution in [0.1, 0.15) is 12.0 Å². The van der Waals surface area contributed by atoms with Crippen LogP contribution in [0.3, 0.4) is 0 Å². The zero-order valence-corrected chi connectivity index (χ0v) is 7.81. The van der Waals surface area contributed by atoms with E-state index in [1.807, 2.05) is 11.8 Å². The van der Waals surface area contributed by atoms with Crippen molar-refractivity contribution >= 4 is 17.3 Å². The Hall–Kier alpha value is -0.690. The summed E-state index contributed by atoms with van der Waals surface area (Å²) in [6.45, 7) is 0. The Morgan fingerprint density at radius 1 is 1.08 bits per heavy atom. The number of hydrogen-bond acceptors (Lipinski definition) is 1. The third-order valence-corrected chi connectivity index (χ3v) is 3.00. The standard InChI is InChI=1S/C11H12S/c1-2-4-10(5-3-1)11-6-8-12-9-7-11/h1-6H,7-9H2. The van der Waals surface area contributed by atoms with Crippen LogP contribution in [-0.2, 0) is 0 Å². The molecule has 1 aliphatic heterocycles. The summed E-state index contributed by atoms with van der Waals surface area (Å²) < 4.78 is 0. The molecule has 0 aromatic heterocycles. The summed E-state index contributed by atoms with van der Waals surface area (Å²) in [4.78, 5) is 0. The van der Waals surface area contributed by atoms with Crippen LogP contribution in [0.4, 0.5) is 0 Å². The minimum Gasteiger partial charge on any atom is -0.157 e. The Kier molecular flexibility index (Phi) is 2.52. The van der Waals surface area contributed by atoms with Crippen LogP contribution in [0.15, 0.2) is 36.4 Å². The van der Waals surface area contributed by atoms with Crippen molar-refractivity contribution in [2.75, 3.05) is 11.5 Å². The molecular formula is C11H12S. The van der Waals surface area contributed by atoms with Gasteiger partial charge in [-0.1, -0.05) is 36.4 Å². The van der Waals surface area contributed by atoms with E-state index in [0.717, 1.165) is 0 Å². The molecule has 0 spiro atoms. The maximum Gasteiger partial charge on any atom is 0.0119 e. The van der Waals surface area contributed by atoms with E-state index >= 15 is 0 Å². The van der Waals surface area contributed by atoms with Gasteiger partial charge in [0.1, 0.15) is 0 Å². The van der Waals surface area contributed by atoms with E-state index in [0.29, 0.717) is 0 Å².